The zero-order chi connectivity index (χ0) is 25.6. The second-order valence-electron chi connectivity index (χ2n) is 7.56. The predicted molar refractivity (Wildman–Crippen MR) is 138 cm³/mol. The lowest BCUT2D eigenvalue weighted by Gasteiger charge is -2.14. The number of nitriles is 1. The Morgan fingerprint density at radius 1 is 1.11 bits per heavy atom. The van der Waals surface area contributed by atoms with Crippen LogP contribution in [-0.4, -0.2) is 20.9 Å². The maximum absolute atomic E-state index is 12.7. The van der Waals surface area contributed by atoms with Crippen LogP contribution in [0.15, 0.2) is 75.6 Å². The number of hydrogen-bond acceptors (Lipinski definition) is 6. The number of amides is 1. The first kappa shape index (κ1) is 26.0. The lowest BCUT2D eigenvalue weighted by Crippen LogP contribution is -2.14. The number of carbonyl (C=O) groups is 1. The van der Waals surface area contributed by atoms with Gasteiger partial charge >= 0.3 is 10.1 Å². The topological polar surface area (TPSA) is 105 Å². The highest BCUT2D eigenvalue weighted by Gasteiger charge is 2.22. The maximum atomic E-state index is 12.7. The van der Waals surface area contributed by atoms with Gasteiger partial charge < -0.3 is 14.2 Å². The van der Waals surface area contributed by atoms with Crippen molar-refractivity contribution in [3.63, 3.8) is 0 Å². The van der Waals surface area contributed by atoms with Gasteiger partial charge in [-0.1, -0.05) is 35.9 Å². The molecule has 3 rings (SSSR count). The molecule has 0 aliphatic carbocycles. The minimum absolute atomic E-state index is 0.00634. The van der Waals surface area contributed by atoms with Gasteiger partial charge in [-0.25, -0.2) is 0 Å². The third kappa shape index (κ3) is 6.50. The molecule has 0 fully saturated rings. The molecule has 3 aromatic carbocycles. The van der Waals surface area contributed by atoms with Gasteiger partial charge in [0.05, 0.1) is 11.1 Å². The Morgan fingerprint density at radius 3 is 2.46 bits per heavy atom. The first-order chi connectivity index (χ1) is 16.6. The zero-order valence-corrected chi connectivity index (χ0v) is 21.7. The zero-order valence-electron chi connectivity index (χ0n) is 19.3. The van der Waals surface area contributed by atoms with Crippen molar-refractivity contribution >= 4 is 43.7 Å². The van der Waals surface area contributed by atoms with E-state index in [1.54, 1.807) is 37.3 Å². The number of aryl methyl sites for hydroxylation is 2. The molecule has 180 valence electrons. The first-order valence-corrected chi connectivity index (χ1v) is 12.8. The van der Waals surface area contributed by atoms with Crippen LogP contribution in [0.3, 0.4) is 0 Å². The number of hydrogen-bond donors (Lipinski definition) is 1. The molecule has 0 saturated heterocycles. The molecule has 0 saturated carbocycles. The Hall–Kier alpha value is -3.61. The molecule has 3 aromatic rings. The molecule has 0 spiro atoms. The van der Waals surface area contributed by atoms with Crippen molar-refractivity contribution in [3.8, 4) is 17.6 Å². The summed E-state index contributed by atoms with van der Waals surface area (Å²) in [6, 6.07) is 18.3. The molecule has 0 aromatic heterocycles. The number of nitrogens with one attached hydrogen (secondary N) is 1. The summed E-state index contributed by atoms with van der Waals surface area (Å²) in [5.41, 5.74) is 2.84. The van der Waals surface area contributed by atoms with Crippen LogP contribution in [0.1, 0.15) is 23.6 Å². The van der Waals surface area contributed by atoms with Gasteiger partial charge in [0.15, 0.2) is 11.5 Å². The second kappa shape index (κ2) is 11.2. The number of halogens is 1. The molecule has 0 atom stereocenters. The van der Waals surface area contributed by atoms with E-state index in [0.717, 1.165) is 11.1 Å². The van der Waals surface area contributed by atoms with E-state index in [1.165, 1.54) is 24.3 Å². The molecule has 0 bridgehead atoms. The quantitative estimate of drug-likeness (QED) is 0.215. The average Bonchev–Trinajstić information content (AvgIpc) is 2.82. The summed E-state index contributed by atoms with van der Waals surface area (Å²) in [4.78, 5) is 12.7. The third-order valence-electron chi connectivity index (χ3n) is 4.86. The molecule has 1 N–H and O–H groups in total. The van der Waals surface area contributed by atoms with Crippen LogP contribution >= 0.6 is 15.9 Å². The van der Waals surface area contributed by atoms with Gasteiger partial charge in [-0.2, -0.15) is 13.7 Å². The summed E-state index contributed by atoms with van der Waals surface area (Å²) < 4.78 is 36.7. The molecule has 0 heterocycles. The Balaban J connectivity index is 1.94. The van der Waals surface area contributed by atoms with E-state index in [4.69, 9.17) is 8.92 Å². The SMILES string of the molecule is CCOc1cc(/C=C(\C#N)C(=O)Nc2ccc(C)cc2C)cc(Br)c1OS(=O)(=O)c1ccccc1. The summed E-state index contributed by atoms with van der Waals surface area (Å²) in [5.74, 6) is -0.466. The normalized spacial score (nSPS) is 11.5. The largest absolute Gasteiger partial charge is 0.490 e. The average molecular weight is 555 g/mol. The molecule has 0 unspecified atom stereocenters. The van der Waals surface area contributed by atoms with E-state index in [2.05, 4.69) is 21.2 Å². The van der Waals surface area contributed by atoms with Crippen molar-refractivity contribution in [2.75, 3.05) is 11.9 Å². The molecule has 9 heteroatoms. The Kier molecular flexibility index (Phi) is 8.33. The number of nitrogens with zero attached hydrogens (tertiary/aromatic N) is 1. The van der Waals surface area contributed by atoms with Crippen molar-refractivity contribution in [2.24, 2.45) is 0 Å². The highest BCUT2D eigenvalue weighted by Crippen LogP contribution is 2.39. The molecule has 0 aliphatic rings. The number of carbonyl (C=O) groups excluding carboxylic acids is 1. The van der Waals surface area contributed by atoms with Gasteiger partial charge in [0.25, 0.3) is 5.91 Å². The van der Waals surface area contributed by atoms with E-state index < -0.39 is 16.0 Å². The van der Waals surface area contributed by atoms with Crippen LogP contribution in [0.5, 0.6) is 11.5 Å². The molecule has 35 heavy (non-hydrogen) atoms. The standard InChI is InChI=1S/C26H23BrN2O5S/c1-4-33-24-15-19(13-20(16-28)26(30)29-23-11-10-17(2)12-18(23)3)14-22(27)25(24)34-35(31,32)21-8-6-5-7-9-21/h5-15H,4H2,1-3H3,(H,29,30)/b20-13+. The van der Waals surface area contributed by atoms with E-state index in [9.17, 15) is 18.5 Å². The van der Waals surface area contributed by atoms with Gasteiger partial charge in [0.1, 0.15) is 16.5 Å². The molecule has 0 aliphatic heterocycles. The monoisotopic (exact) mass is 554 g/mol. The van der Waals surface area contributed by atoms with Crippen LogP contribution in [0.2, 0.25) is 0 Å². The van der Waals surface area contributed by atoms with Gasteiger partial charge in [0.2, 0.25) is 0 Å². The number of ether oxygens (including phenoxy) is 1. The van der Waals surface area contributed by atoms with Gasteiger partial charge in [-0.15, -0.1) is 0 Å². The van der Waals surface area contributed by atoms with Crippen molar-refractivity contribution in [3.05, 3.63) is 87.4 Å². The Morgan fingerprint density at radius 2 is 1.83 bits per heavy atom. The van der Waals surface area contributed by atoms with Crippen molar-refractivity contribution in [1.29, 1.82) is 5.26 Å². The summed E-state index contributed by atoms with van der Waals surface area (Å²) in [7, 11) is -4.11. The van der Waals surface area contributed by atoms with Crippen LogP contribution in [-0.2, 0) is 14.9 Å². The smallest absolute Gasteiger partial charge is 0.339 e. The molecular weight excluding hydrogens is 532 g/mol. The van der Waals surface area contributed by atoms with Gasteiger partial charge in [-0.05, 0) is 84.2 Å². The minimum Gasteiger partial charge on any atom is -0.490 e. The molecule has 1 amide bonds. The summed E-state index contributed by atoms with van der Waals surface area (Å²) >= 11 is 3.33. The lowest BCUT2D eigenvalue weighted by atomic mass is 10.1. The fourth-order valence-electron chi connectivity index (χ4n) is 3.22. The summed E-state index contributed by atoms with van der Waals surface area (Å²) in [6.07, 6.45) is 1.39. The Labute approximate surface area is 213 Å². The van der Waals surface area contributed by atoms with Crippen molar-refractivity contribution in [2.45, 2.75) is 25.7 Å². The second-order valence-corrected chi connectivity index (χ2v) is 9.96. The Bertz CT molecular complexity index is 1430. The van der Waals surface area contributed by atoms with Crippen molar-refractivity contribution in [1.82, 2.24) is 0 Å². The fraction of sp³-hybridized carbons (Fsp3) is 0.154. The van der Waals surface area contributed by atoms with Gasteiger partial charge in [0, 0.05) is 5.69 Å². The summed E-state index contributed by atoms with van der Waals surface area (Å²) in [5, 5.41) is 12.3. The van der Waals surface area contributed by atoms with Gasteiger partial charge in [-0.3, -0.25) is 4.79 Å². The van der Waals surface area contributed by atoms with E-state index in [0.29, 0.717) is 11.3 Å². The number of anilines is 1. The fourth-order valence-corrected chi connectivity index (χ4v) is 4.84. The first-order valence-electron chi connectivity index (χ1n) is 10.6. The molecule has 0 radical (unpaired) electrons. The van der Waals surface area contributed by atoms with Crippen LogP contribution in [0.4, 0.5) is 5.69 Å². The third-order valence-corrected chi connectivity index (χ3v) is 6.69. The highest BCUT2D eigenvalue weighted by atomic mass is 79.9. The van der Waals surface area contributed by atoms with E-state index in [1.807, 2.05) is 32.0 Å². The number of benzene rings is 3. The lowest BCUT2D eigenvalue weighted by molar-refractivity contribution is -0.112. The van der Waals surface area contributed by atoms with Crippen molar-refractivity contribution < 1.29 is 22.1 Å². The molecular formula is C26H23BrN2O5S. The predicted octanol–water partition coefficient (Wildman–Crippen LogP) is 5.78. The van der Waals surface area contributed by atoms with E-state index >= 15 is 0 Å². The van der Waals surface area contributed by atoms with Crippen LogP contribution < -0.4 is 14.2 Å². The number of rotatable bonds is 8. The van der Waals surface area contributed by atoms with Crippen LogP contribution in [0, 0.1) is 25.2 Å². The highest BCUT2D eigenvalue weighted by molar-refractivity contribution is 9.10. The van der Waals surface area contributed by atoms with Crippen LogP contribution in [0.25, 0.3) is 6.08 Å². The summed E-state index contributed by atoms with van der Waals surface area (Å²) in [6.45, 7) is 5.79. The minimum atomic E-state index is -4.11. The van der Waals surface area contributed by atoms with E-state index in [-0.39, 0.29) is 33.0 Å². The molecule has 7 nitrogen and oxygen atoms in total. The maximum Gasteiger partial charge on any atom is 0.339 e.